The number of amides is 1. The van der Waals surface area contributed by atoms with Gasteiger partial charge in [0.15, 0.2) is 0 Å². The maximum Gasteiger partial charge on any atom is 0.289 e. The summed E-state index contributed by atoms with van der Waals surface area (Å²) in [7, 11) is 0. The standard InChI is InChI=1S/C20H12Cl2N2O2S/c21-14-7-4-8-15(22)18(14)16-10-9-13(26-16)11-17-19(24-20(25)27-17)23-12-5-2-1-3-6-12/h1-11H,(H,23,24,25). The van der Waals surface area contributed by atoms with Crippen LogP contribution in [0.15, 0.2) is 75.0 Å². The van der Waals surface area contributed by atoms with Gasteiger partial charge < -0.3 is 9.73 Å². The van der Waals surface area contributed by atoms with E-state index in [0.29, 0.717) is 37.9 Å². The number of aliphatic imine (C=N–C) groups is 1. The minimum absolute atomic E-state index is 0.183. The molecule has 1 N–H and O–H groups in total. The smallest absolute Gasteiger partial charge is 0.289 e. The van der Waals surface area contributed by atoms with Gasteiger partial charge in [-0.1, -0.05) is 47.5 Å². The molecular weight excluding hydrogens is 403 g/mol. The molecule has 4 rings (SSSR count). The van der Waals surface area contributed by atoms with E-state index in [1.807, 2.05) is 30.3 Å². The second kappa shape index (κ2) is 7.64. The number of hydrogen-bond acceptors (Lipinski definition) is 4. The Kier molecular flexibility index (Phi) is 5.07. The number of nitrogens with zero attached hydrogens (tertiary/aromatic N) is 1. The van der Waals surface area contributed by atoms with Crippen LogP contribution in [0.3, 0.4) is 0 Å². The molecule has 7 heteroatoms. The van der Waals surface area contributed by atoms with Gasteiger partial charge >= 0.3 is 0 Å². The molecule has 0 radical (unpaired) electrons. The molecule has 2 heterocycles. The number of halogens is 2. The Balaban J connectivity index is 1.68. The van der Waals surface area contributed by atoms with Crippen molar-refractivity contribution < 1.29 is 9.21 Å². The summed E-state index contributed by atoms with van der Waals surface area (Å²) in [4.78, 5) is 17.0. The van der Waals surface area contributed by atoms with Gasteiger partial charge in [0.05, 0.1) is 26.2 Å². The van der Waals surface area contributed by atoms with Crippen LogP contribution >= 0.6 is 35.0 Å². The summed E-state index contributed by atoms with van der Waals surface area (Å²) in [5.41, 5.74) is 1.39. The van der Waals surface area contributed by atoms with Crippen LogP contribution in [0, 0.1) is 0 Å². The van der Waals surface area contributed by atoms with E-state index in [1.54, 1.807) is 36.4 Å². The lowest BCUT2D eigenvalue weighted by Gasteiger charge is -2.03. The Morgan fingerprint density at radius 1 is 0.963 bits per heavy atom. The van der Waals surface area contributed by atoms with Crippen LogP contribution in [0.5, 0.6) is 0 Å². The maximum atomic E-state index is 11.8. The van der Waals surface area contributed by atoms with Crippen LogP contribution in [0.4, 0.5) is 10.5 Å². The Morgan fingerprint density at radius 2 is 1.70 bits per heavy atom. The number of amidine groups is 1. The normalized spacial score (nSPS) is 16.9. The van der Waals surface area contributed by atoms with Crippen molar-refractivity contribution in [2.45, 2.75) is 0 Å². The lowest BCUT2D eigenvalue weighted by Crippen LogP contribution is -2.18. The number of nitrogens with one attached hydrogen (secondary N) is 1. The second-order valence-electron chi connectivity index (χ2n) is 5.62. The fourth-order valence-electron chi connectivity index (χ4n) is 2.57. The first-order chi connectivity index (χ1) is 13.1. The van der Waals surface area contributed by atoms with Crippen molar-refractivity contribution in [3.8, 4) is 11.3 Å². The van der Waals surface area contributed by atoms with Gasteiger partial charge in [0.25, 0.3) is 5.24 Å². The molecule has 0 saturated carbocycles. The van der Waals surface area contributed by atoms with Crippen LogP contribution in [0.25, 0.3) is 17.4 Å². The Morgan fingerprint density at radius 3 is 2.44 bits per heavy atom. The Labute approximate surface area is 169 Å². The van der Waals surface area contributed by atoms with Crippen molar-refractivity contribution >= 4 is 57.8 Å². The van der Waals surface area contributed by atoms with Crippen molar-refractivity contribution in [1.82, 2.24) is 5.32 Å². The van der Waals surface area contributed by atoms with Gasteiger partial charge in [0, 0.05) is 0 Å². The number of carbonyl (C=O) groups is 1. The molecule has 0 bridgehead atoms. The van der Waals surface area contributed by atoms with Crippen LogP contribution in [-0.2, 0) is 0 Å². The quantitative estimate of drug-likeness (QED) is 0.513. The third-order valence-electron chi connectivity index (χ3n) is 3.76. The van der Waals surface area contributed by atoms with Crippen LogP contribution in [-0.4, -0.2) is 11.1 Å². The van der Waals surface area contributed by atoms with Crippen molar-refractivity contribution in [3.05, 3.63) is 81.4 Å². The van der Waals surface area contributed by atoms with Crippen molar-refractivity contribution in [2.75, 3.05) is 0 Å². The van der Waals surface area contributed by atoms with Crippen molar-refractivity contribution in [2.24, 2.45) is 4.99 Å². The average molecular weight is 415 g/mol. The van der Waals surface area contributed by atoms with Gasteiger partial charge in [-0.05, 0) is 54.2 Å². The number of benzene rings is 2. The van der Waals surface area contributed by atoms with E-state index in [0.717, 1.165) is 17.4 Å². The van der Waals surface area contributed by atoms with Gasteiger partial charge in [-0.25, -0.2) is 4.99 Å². The van der Waals surface area contributed by atoms with Gasteiger partial charge in [0.1, 0.15) is 17.4 Å². The number of thioether (sulfide) groups is 1. The zero-order chi connectivity index (χ0) is 18.8. The molecule has 1 aliphatic heterocycles. The summed E-state index contributed by atoms with van der Waals surface area (Å²) in [6, 6.07) is 18.3. The van der Waals surface area contributed by atoms with E-state index in [-0.39, 0.29) is 5.24 Å². The molecule has 3 aromatic rings. The summed E-state index contributed by atoms with van der Waals surface area (Å²) < 4.78 is 5.87. The predicted molar refractivity (Wildman–Crippen MR) is 112 cm³/mol. The first-order valence-electron chi connectivity index (χ1n) is 7.99. The molecule has 1 fully saturated rings. The topological polar surface area (TPSA) is 54.6 Å². The first-order valence-corrected chi connectivity index (χ1v) is 9.56. The van der Waals surface area contributed by atoms with Gasteiger partial charge in [-0.3, -0.25) is 4.79 Å². The molecule has 1 amide bonds. The summed E-state index contributed by atoms with van der Waals surface area (Å²) in [6.07, 6.45) is 1.76. The van der Waals surface area contributed by atoms with E-state index in [4.69, 9.17) is 27.6 Å². The highest BCUT2D eigenvalue weighted by atomic mass is 35.5. The Hall–Kier alpha value is -2.47. The molecule has 2 aromatic carbocycles. The van der Waals surface area contributed by atoms with Gasteiger partial charge in [-0.15, -0.1) is 0 Å². The number of carbonyl (C=O) groups excluding carboxylic acids is 1. The molecule has 0 spiro atoms. The molecule has 1 aliphatic rings. The fourth-order valence-corrected chi connectivity index (χ4v) is 3.87. The zero-order valence-electron chi connectivity index (χ0n) is 13.8. The highest BCUT2D eigenvalue weighted by Gasteiger charge is 2.24. The minimum Gasteiger partial charge on any atom is -0.457 e. The maximum absolute atomic E-state index is 11.8. The lowest BCUT2D eigenvalue weighted by atomic mass is 10.2. The number of para-hydroxylation sites is 1. The van der Waals surface area contributed by atoms with E-state index < -0.39 is 0 Å². The fraction of sp³-hybridized carbons (Fsp3) is 0. The molecule has 4 nitrogen and oxygen atoms in total. The van der Waals surface area contributed by atoms with E-state index >= 15 is 0 Å². The van der Waals surface area contributed by atoms with Crippen molar-refractivity contribution in [3.63, 3.8) is 0 Å². The molecule has 27 heavy (non-hydrogen) atoms. The predicted octanol–water partition coefficient (Wildman–Crippen LogP) is 6.78. The van der Waals surface area contributed by atoms with E-state index in [2.05, 4.69) is 10.3 Å². The summed E-state index contributed by atoms with van der Waals surface area (Å²) >= 11 is 13.5. The largest absolute Gasteiger partial charge is 0.457 e. The third kappa shape index (κ3) is 3.95. The summed E-state index contributed by atoms with van der Waals surface area (Å²) in [5, 5.41) is 3.59. The molecule has 134 valence electrons. The molecule has 0 atom stereocenters. The van der Waals surface area contributed by atoms with Crippen LogP contribution in [0.2, 0.25) is 10.0 Å². The van der Waals surface area contributed by atoms with E-state index in [9.17, 15) is 4.79 Å². The first kappa shape index (κ1) is 17.9. The molecule has 0 aliphatic carbocycles. The van der Waals surface area contributed by atoms with Crippen molar-refractivity contribution in [1.29, 1.82) is 0 Å². The number of hydrogen-bond donors (Lipinski definition) is 1. The minimum atomic E-state index is -0.183. The summed E-state index contributed by atoms with van der Waals surface area (Å²) in [5.74, 6) is 1.62. The summed E-state index contributed by atoms with van der Waals surface area (Å²) in [6.45, 7) is 0. The van der Waals surface area contributed by atoms with Crippen LogP contribution in [0.1, 0.15) is 5.76 Å². The molecular formula is C20H12Cl2N2O2S. The second-order valence-corrected chi connectivity index (χ2v) is 7.45. The molecule has 1 saturated heterocycles. The molecule has 0 unspecified atom stereocenters. The Bertz CT molecular complexity index is 1050. The number of furan rings is 1. The third-order valence-corrected chi connectivity index (χ3v) is 5.21. The van der Waals surface area contributed by atoms with E-state index in [1.165, 1.54) is 0 Å². The monoisotopic (exact) mass is 414 g/mol. The van der Waals surface area contributed by atoms with Gasteiger partial charge in [-0.2, -0.15) is 0 Å². The van der Waals surface area contributed by atoms with Gasteiger partial charge in [0.2, 0.25) is 0 Å². The average Bonchev–Trinajstić information content (AvgIpc) is 3.23. The SMILES string of the molecule is O=C1NC(=Nc2ccccc2)C(=Cc2ccc(-c3c(Cl)cccc3Cl)o2)S1. The highest BCUT2D eigenvalue weighted by Crippen LogP contribution is 2.36. The number of rotatable bonds is 3. The molecule has 1 aromatic heterocycles. The highest BCUT2D eigenvalue weighted by molar-refractivity contribution is 8.18. The lowest BCUT2D eigenvalue weighted by molar-refractivity contribution is 0.265. The zero-order valence-corrected chi connectivity index (χ0v) is 16.1. The van der Waals surface area contributed by atoms with Crippen LogP contribution < -0.4 is 5.32 Å².